The fourth-order valence-electron chi connectivity index (χ4n) is 4.95. The summed E-state index contributed by atoms with van der Waals surface area (Å²) in [5, 5.41) is 19.5. The van der Waals surface area contributed by atoms with Crippen molar-refractivity contribution in [3.05, 3.63) is 59.1 Å². The van der Waals surface area contributed by atoms with E-state index in [0.29, 0.717) is 17.1 Å². The zero-order valence-electron chi connectivity index (χ0n) is 20.3. The van der Waals surface area contributed by atoms with E-state index >= 15 is 0 Å². The number of fused-ring (bicyclic) bond motifs is 1. The number of aliphatic carboxylic acids is 1. The number of phenolic OH excluding ortho intramolecular Hbond substituents is 1. The van der Waals surface area contributed by atoms with Crippen molar-refractivity contribution in [1.29, 1.82) is 0 Å². The second-order valence-electron chi connectivity index (χ2n) is 9.65. The fraction of sp³-hybridized carbons (Fsp3) is 0.400. The molecule has 0 spiro atoms. The van der Waals surface area contributed by atoms with Crippen molar-refractivity contribution in [2.75, 3.05) is 13.1 Å². The molecule has 2 aromatic carbocycles. The molecule has 0 saturated carbocycles. The van der Waals surface area contributed by atoms with Gasteiger partial charge in [0.1, 0.15) is 24.0 Å². The molecule has 12 heteroatoms. The minimum Gasteiger partial charge on any atom is -0.508 e. The van der Waals surface area contributed by atoms with E-state index in [9.17, 15) is 33.0 Å². The summed E-state index contributed by atoms with van der Waals surface area (Å²) < 4.78 is 28.6. The van der Waals surface area contributed by atoms with Gasteiger partial charge in [0.15, 0.2) is 0 Å². The number of sulfonamides is 1. The van der Waals surface area contributed by atoms with Crippen molar-refractivity contribution in [2.45, 2.75) is 49.8 Å². The van der Waals surface area contributed by atoms with Crippen LogP contribution in [0.15, 0.2) is 53.4 Å². The summed E-state index contributed by atoms with van der Waals surface area (Å²) in [6.45, 7) is 4.09. The minimum atomic E-state index is -4.35. The number of hydrogen-bond acceptors (Lipinski definition) is 6. The van der Waals surface area contributed by atoms with Crippen LogP contribution in [0.5, 0.6) is 5.75 Å². The standard InChI is InChI=1S/C25H28ClN3O7S/c1-15(2)13-27-14-22-28(20(24(27)33)11-16-3-7-18(30)8-4-16)25(34)21(12-23(31)32)29(22)37(35,36)19-9-5-17(26)6-10-19/h3-10,15,20-22,30H,11-14H2,1-2H3,(H,31,32)/t20-,21-,22?/m0/s1. The highest BCUT2D eigenvalue weighted by atomic mass is 35.5. The molecule has 2 aliphatic heterocycles. The first kappa shape index (κ1) is 26.9. The van der Waals surface area contributed by atoms with Gasteiger partial charge in [0.25, 0.3) is 0 Å². The summed E-state index contributed by atoms with van der Waals surface area (Å²) in [4.78, 5) is 41.6. The zero-order valence-corrected chi connectivity index (χ0v) is 21.9. The van der Waals surface area contributed by atoms with Crippen LogP contribution in [0.4, 0.5) is 0 Å². The Labute approximate surface area is 220 Å². The van der Waals surface area contributed by atoms with E-state index in [-0.39, 0.29) is 35.4 Å². The van der Waals surface area contributed by atoms with E-state index in [2.05, 4.69) is 0 Å². The maximum atomic E-state index is 13.8. The number of carboxylic acids is 1. The fourth-order valence-corrected chi connectivity index (χ4v) is 6.79. The third kappa shape index (κ3) is 5.29. The lowest BCUT2D eigenvalue weighted by Gasteiger charge is -2.44. The van der Waals surface area contributed by atoms with E-state index in [4.69, 9.17) is 11.6 Å². The number of hydrogen-bond donors (Lipinski definition) is 2. The topological polar surface area (TPSA) is 136 Å². The molecule has 0 bridgehead atoms. The number of nitrogens with zero attached hydrogens (tertiary/aromatic N) is 3. The second kappa shape index (κ2) is 10.3. The summed E-state index contributed by atoms with van der Waals surface area (Å²) in [5.41, 5.74) is 0.655. The average Bonchev–Trinajstić information content (AvgIpc) is 3.09. The summed E-state index contributed by atoms with van der Waals surface area (Å²) in [7, 11) is -4.35. The highest BCUT2D eigenvalue weighted by molar-refractivity contribution is 7.89. The molecule has 1 unspecified atom stereocenters. The third-order valence-electron chi connectivity index (χ3n) is 6.49. The van der Waals surface area contributed by atoms with Gasteiger partial charge in [-0.25, -0.2) is 8.42 Å². The summed E-state index contributed by atoms with van der Waals surface area (Å²) in [5.74, 6) is -2.30. The van der Waals surface area contributed by atoms with E-state index in [1.54, 1.807) is 12.1 Å². The highest BCUT2D eigenvalue weighted by Gasteiger charge is 2.58. The largest absolute Gasteiger partial charge is 0.508 e. The number of carbonyl (C=O) groups is 3. The van der Waals surface area contributed by atoms with Crippen LogP contribution in [-0.4, -0.2) is 81.9 Å². The second-order valence-corrected chi connectivity index (χ2v) is 11.9. The SMILES string of the molecule is CC(C)CN1CC2N(C(=O)[C@H](CC(=O)O)N2S(=O)(=O)c2ccc(Cl)cc2)[C@@H](Cc2ccc(O)cc2)C1=O. The van der Waals surface area contributed by atoms with Gasteiger partial charge in [-0.1, -0.05) is 37.6 Å². The normalized spacial score (nSPS) is 22.5. The summed E-state index contributed by atoms with van der Waals surface area (Å²) >= 11 is 5.93. The molecule has 2 saturated heterocycles. The molecule has 3 atom stereocenters. The van der Waals surface area contributed by atoms with Gasteiger partial charge in [-0.05, 0) is 47.9 Å². The Hall–Kier alpha value is -3.15. The van der Waals surface area contributed by atoms with Gasteiger partial charge in [-0.15, -0.1) is 0 Å². The maximum absolute atomic E-state index is 13.8. The summed E-state index contributed by atoms with van der Waals surface area (Å²) in [6.07, 6.45) is -1.76. The van der Waals surface area contributed by atoms with Gasteiger partial charge >= 0.3 is 5.97 Å². The molecule has 2 aliphatic rings. The molecule has 2 N–H and O–H groups in total. The number of benzene rings is 2. The zero-order chi connectivity index (χ0) is 27.1. The first-order valence-electron chi connectivity index (χ1n) is 11.8. The lowest BCUT2D eigenvalue weighted by molar-refractivity contribution is -0.153. The first-order chi connectivity index (χ1) is 17.4. The molecule has 198 valence electrons. The molecule has 0 aliphatic carbocycles. The van der Waals surface area contributed by atoms with Crippen molar-refractivity contribution in [2.24, 2.45) is 5.92 Å². The van der Waals surface area contributed by atoms with E-state index in [1.165, 1.54) is 46.2 Å². The molecule has 0 aromatic heterocycles. The Morgan fingerprint density at radius 3 is 2.22 bits per heavy atom. The van der Waals surface area contributed by atoms with Crippen molar-refractivity contribution >= 4 is 39.4 Å². The van der Waals surface area contributed by atoms with Crippen molar-refractivity contribution in [3.63, 3.8) is 0 Å². The molecule has 2 fully saturated rings. The first-order valence-corrected chi connectivity index (χ1v) is 13.6. The molecular weight excluding hydrogens is 522 g/mol. The van der Waals surface area contributed by atoms with Gasteiger partial charge in [-0.2, -0.15) is 4.31 Å². The number of carboxylic acid groups (broad SMARTS) is 1. The molecule has 37 heavy (non-hydrogen) atoms. The molecule has 4 rings (SSSR count). The smallest absolute Gasteiger partial charge is 0.305 e. The van der Waals surface area contributed by atoms with Crippen LogP contribution in [0.25, 0.3) is 0 Å². The Bertz CT molecular complexity index is 1300. The number of aromatic hydroxyl groups is 1. The number of phenols is 1. The minimum absolute atomic E-state index is 0.0389. The number of piperazine rings is 1. The number of carbonyl (C=O) groups excluding carboxylic acids is 2. The monoisotopic (exact) mass is 549 g/mol. The highest BCUT2D eigenvalue weighted by Crippen LogP contribution is 2.37. The lowest BCUT2D eigenvalue weighted by atomic mass is 9.99. The predicted octanol–water partition coefficient (Wildman–Crippen LogP) is 2.16. The van der Waals surface area contributed by atoms with Gasteiger partial charge in [0.2, 0.25) is 21.8 Å². The van der Waals surface area contributed by atoms with Crippen molar-refractivity contribution in [3.8, 4) is 5.75 Å². The Kier molecular flexibility index (Phi) is 7.50. The van der Waals surface area contributed by atoms with Crippen LogP contribution in [0, 0.1) is 5.92 Å². The van der Waals surface area contributed by atoms with E-state index in [0.717, 1.165) is 4.31 Å². The van der Waals surface area contributed by atoms with Crippen LogP contribution < -0.4 is 0 Å². The number of rotatable bonds is 8. The number of halogens is 1. The quantitative estimate of drug-likeness (QED) is 0.515. The van der Waals surface area contributed by atoms with Gasteiger partial charge in [0.05, 0.1) is 17.9 Å². The molecule has 0 radical (unpaired) electrons. The number of amides is 2. The van der Waals surface area contributed by atoms with Crippen LogP contribution in [0.3, 0.4) is 0 Å². The van der Waals surface area contributed by atoms with Gasteiger partial charge in [0, 0.05) is 18.0 Å². The van der Waals surface area contributed by atoms with Crippen molar-refractivity contribution < 1.29 is 33.0 Å². The Morgan fingerprint density at radius 1 is 1.03 bits per heavy atom. The van der Waals surface area contributed by atoms with E-state index in [1.807, 2.05) is 13.8 Å². The van der Waals surface area contributed by atoms with Crippen LogP contribution in [-0.2, 0) is 30.8 Å². The maximum Gasteiger partial charge on any atom is 0.305 e. The average molecular weight is 550 g/mol. The Morgan fingerprint density at radius 2 is 1.65 bits per heavy atom. The van der Waals surface area contributed by atoms with Crippen LogP contribution in [0.1, 0.15) is 25.8 Å². The molecule has 2 heterocycles. The third-order valence-corrected chi connectivity index (χ3v) is 8.66. The molecular formula is C25H28ClN3O7S. The van der Waals surface area contributed by atoms with Gasteiger partial charge in [-0.3, -0.25) is 14.4 Å². The Balaban J connectivity index is 1.82. The molecule has 10 nitrogen and oxygen atoms in total. The summed E-state index contributed by atoms with van der Waals surface area (Å²) in [6, 6.07) is 9.01. The van der Waals surface area contributed by atoms with Crippen LogP contribution >= 0.6 is 11.6 Å². The lowest BCUT2D eigenvalue weighted by Crippen LogP contribution is -2.64. The van der Waals surface area contributed by atoms with Crippen molar-refractivity contribution in [1.82, 2.24) is 14.1 Å². The molecule has 2 amide bonds. The predicted molar refractivity (Wildman–Crippen MR) is 134 cm³/mol. The van der Waals surface area contributed by atoms with Crippen LogP contribution in [0.2, 0.25) is 5.02 Å². The van der Waals surface area contributed by atoms with Gasteiger partial charge < -0.3 is 20.0 Å². The molecule has 2 aromatic rings. The van der Waals surface area contributed by atoms with E-state index < -0.39 is 46.6 Å².